The van der Waals surface area contributed by atoms with E-state index in [2.05, 4.69) is 54.2 Å². The molecule has 1 aliphatic carbocycles. The smallest absolute Gasteiger partial charge is 0.329 e. The minimum atomic E-state index is -0.361. The number of likely N-dealkylation sites (tertiary alicyclic amines) is 1. The zero-order valence-corrected chi connectivity index (χ0v) is 23.7. The first-order chi connectivity index (χ1) is 18.7. The molecule has 1 unspecified atom stereocenters. The predicted molar refractivity (Wildman–Crippen MR) is 151 cm³/mol. The number of fused-ring (bicyclic) bond motifs is 1. The van der Waals surface area contributed by atoms with Crippen molar-refractivity contribution in [1.29, 1.82) is 0 Å². The molecule has 1 aromatic carbocycles. The fourth-order valence-corrected chi connectivity index (χ4v) is 7.48. The van der Waals surface area contributed by atoms with Gasteiger partial charge in [0.25, 0.3) is 0 Å². The Morgan fingerprint density at radius 3 is 2.49 bits per heavy atom. The molecular weight excluding hydrogens is 495 g/mol. The lowest BCUT2D eigenvalue weighted by Gasteiger charge is -2.42. The molecule has 39 heavy (non-hydrogen) atoms. The van der Waals surface area contributed by atoms with Gasteiger partial charge in [0.05, 0.1) is 40.3 Å². The summed E-state index contributed by atoms with van der Waals surface area (Å²) in [6.45, 7) is 3.02. The van der Waals surface area contributed by atoms with Crippen molar-refractivity contribution in [3.8, 4) is 17.0 Å². The van der Waals surface area contributed by atoms with E-state index in [1.807, 2.05) is 23.6 Å². The summed E-state index contributed by atoms with van der Waals surface area (Å²) in [5.74, 6) is 0.276. The van der Waals surface area contributed by atoms with Crippen molar-refractivity contribution in [3.63, 3.8) is 0 Å². The van der Waals surface area contributed by atoms with E-state index in [0.717, 1.165) is 73.4 Å². The number of anilines is 1. The maximum absolute atomic E-state index is 16.1. The zero-order valence-electron chi connectivity index (χ0n) is 23.7. The number of aromatic nitrogens is 2. The van der Waals surface area contributed by atoms with E-state index in [9.17, 15) is 4.79 Å². The lowest BCUT2D eigenvalue weighted by molar-refractivity contribution is 0.0699. The average Bonchev–Trinajstić information content (AvgIpc) is 3.04. The summed E-state index contributed by atoms with van der Waals surface area (Å²) >= 11 is 0. The normalized spacial score (nSPS) is 24.0. The van der Waals surface area contributed by atoms with E-state index >= 15 is 4.39 Å². The van der Waals surface area contributed by atoms with Gasteiger partial charge in [-0.2, -0.15) is 0 Å². The summed E-state index contributed by atoms with van der Waals surface area (Å²) in [6.07, 6.45) is 11.6. The van der Waals surface area contributed by atoms with Crippen molar-refractivity contribution in [1.82, 2.24) is 23.8 Å². The Bertz CT molecular complexity index is 1460. The Hall–Kier alpha value is -3.04. The second-order valence-corrected chi connectivity index (χ2v) is 12.4. The highest BCUT2D eigenvalue weighted by Gasteiger charge is 2.48. The number of ether oxygens (including phenoxy) is 1. The van der Waals surface area contributed by atoms with Crippen molar-refractivity contribution in [2.45, 2.75) is 56.4 Å². The molecule has 2 aromatic rings. The molecule has 5 heterocycles. The highest BCUT2D eigenvalue weighted by Crippen LogP contribution is 2.54. The monoisotopic (exact) mass is 534 g/mol. The molecule has 5 aliphatic rings. The molecule has 1 spiro atoms. The Morgan fingerprint density at radius 1 is 1.10 bits per heavy atom. The van der Waals surface area contributed by atoms with Crippen LogP contribution in [0.4, 0.5) is 10.1 Å². The quantitative estimate of drug-likeness (QED) is 0.602. The molecule has 0 N–H and O–H groups in total. The topological polar surface area (TPSA) is 49.1 Å². The van der Waals surface area contributed by atoms with Crippen LogP contribution in [0.5, 0.6) is 5.75 Å². The summed E-state index contributed by atoms with van der Waals surface area (Å²) in [4.78, 5) is 22.6. The molecule has 8 nitrogen and oxygen atoms in total. The third-order valence-corrected chi connectivity index (χ3v) is 9.97. The van der Waals surface area contributed by atoms with Gasteiger partial charge in [-0.05, 0) is 58.3 Å². The second kappa shape index (κ2) is 8.73. The van der Waals surface area contributed by atoms with Crippen molar-refractivity contribution >= 4 is 11.3 Å². The molecular formula is C30H39FN6O2. The van der Waals surface area contributed by atoms with Crippen LogP contribution in [0.15, 0.2) is 29.2 Å². The van der Waals surface area contributed by atoms with Gasteiger partial charge in [0, 0.05) is 52.0 Å². The highest BCUT2D eigenvalue weighted by molar-refractivity contribution is 5.93. The first-order valence-electron chi connectivity index (χ1n) is 14.2. The maximum atomic E-state index is 16.1. The average molecular weight is 535 g/mol. The number of hydrogen-bond donors (Lipinski definition) is 0. The van der Waals surface area contributed by atoms with Gasteiger partial charge in [-0.1, -0.05) is 6.08 Å². The molecule has 2 fully saturated rings. The highest BCUT2D eigenvalue weighted by atomic mass is 19.1. The summed E-state index contributed by atoms with van der Waals surface area (Å²) in [5, 5.41) is 0. The number of imidazole rings is 1. The number of benzene rings is 1. The van der Waals surface area contributed by atoms with Crippen molar-refractivity contribution in [3.05, 3.63) is 52.0 Å². The van der Waals surface area contributed by atoms with Gasteiger partial charge in [-0.15, -0.1) is 0 Å². The zero-order chi connectivity index (χ0) is 27.2. The molecule has 0 bridgehead atoms. The van der Waals surface area contributed by atoms with Crippen LogP contribution >= 0.6 is 0 Å². The standard InChI is InChI=1S/C30H39FN6O2/c1-32(2)20-9-13-36(14-10-20)24-8-7-19(16-34(24)4)25-21(31)15-22-26-27-23(17-33(22)3)35(5)29(38)37(27)30(11-6-12-30)18-39-28(25)26/h7-8,15-16,20,24H,6,9-14,17-18H2,1-5H3. The number of nitrogens with zero attached hydrogens (tertiary/aromatic N) is 6. The molecule has 1 aromatic heterocycles. The van der Waals surface area contributed by atoms with Gasteiger partial charge in [0.2, 0.25) is 0 Å². The SMILES string of the molecule is CN1Cc2c3n(c(=O)n2C)C2(CCC2)COc2c(C4=CN(C)C(N5CCC(N(C)C)CC5)C=C4)c(F)cc1c2-3. The van der Waals surface area contributed by atoms with E-state index in [4.69, 9.17) is 4.74 Å². The van der Waals surface area contributed by atoms with Gasteiger partial charge in [0.1, 0.15) is 24.3 Å². The van der Waals surface area contributed by atoms with Crippen molar-refractivity contribution < 1.29 is 9.13 Å². The molecule has 0 amide bonds. The second-order valence-electron chi connectivity index (χ2n) is 12.4. The number of likely N-dealkylation sites (N-methyl/N-ethyl adjacent to an activating group) is 1. The van der Waals surface area contributed by atoms with Crippen LogP contribution < -0.4 is 15.3 Å². The third kappa shape index (κ3) is 3.51. The molecule has 1 atom stereocenters. The maximum Gasteiger partial charge on any atom is 0.329 e. The lowest BCUT2D eigenvalue weighted by atomic mass is 9.77. The Kier molecular flexibility index (Phi) is 5.59. The Morgan fingerprint density at radius 2 is 1.85 bits per heavy atom. The van der Waals surface area contributed by atoms with E-state index in [0.29, 0.717) is 30.5 Å². The van der Waals surface area contributed by atoms with Gasteiger partial charge < -0.3 is 19.4 Å². The van der Waals surface area contributed by atoms with E-state index in [1.165, 1.54) is 0 Å². The molecule has 1 saturated heterocycles. The number of rotatable bonds is 3. The van der Waals surface area contributed by atoms with Crippen LogP contribution in [0.1, 0.15) is 43.4 Å². The minimum absolute atomic E-state index is 0.000616. The van der Waals surface area contributed by atoms with Crippen LogP contribution in [0.25, 0.3) is 16.8 Å². The van der Waals surface area contributed by atoms with Gasteiger partial charge >= 0.3 is 5.69 Å². The Balaban J connectivity index is 1.31. The summed E-state index contributed by atoms with van der Waals surface area (Å²) in [7, 11) is 10.2. The van der Waals surface area contributed by atoms with Crippen LogP contribution in [-0.2, 0) is 19.1 Å². The number of allylic oxidation sites excluding steroid dienone is 2. The first kappa shape index (κ1) is 25.0. The fourth-order valence-electron chi connectivity index (χ4n) is 7.48. The third-order valence-electron chi connectivity index (χ3n) is 9.97. The largest absolute Gasteiger partial charge is 0.490 e. The van der Waals surface area contributed by atoms with Crippen molar-refractivity contribution in [2.24, 2.45) is 7.05 Å². The molecule has 9 heteroatoms. The van der Waals surface area contributed by atoms with Gasteiger partial charge in [-0.25, -0.2) is 9.18 Å². The van der Waals surface area contributed by atoms with E-state index < -0.39 is 0 Å². The molecule has 208 valence electrons. The van der Waals surface area contributed by atoms with E-state index in [1.54, 1.807) is 10.6 Å². The summed E-state index contributed by atoms with van der Waals surface area (Å²) in [6, 6.07) is 2.26. The lowest BCUT2D eigenvalue weighted by Crippen LogP contribution is -2.50. The van der Waals surface area contributed by atoms with Crippen LogP contribution in [0.2, 0.25) is 0 Å². The fraction of sp³-hybridized carbons (Fsp3) is 0.567. The molecule has 7 rings (SSSR count). The predicted octanol–water partition coefficient (Wildman–Crippen LogP) is 3.41. The van der Waals surface area contributed by atoms with E-state index in [-0.39, 0.29) is 23.2 Å². The number of piperidine rings is 1. The van der Waals surface area contributed by atoms with Crippen LogP contribution in [-0.4, -0.2) is 83.9 Å². The number of hydrogen-bond acceptors (Lipinski definition) is 6. The Labute approximate surface area is 229 Å². The minimum Gasteiger partial charge on any atom is -0.490 e. The summed E-state index contributed by atoms with van der Waals surface area (Å²) < 4.78 is 26.5. The van der Waals surface area contributed by atoms with Crippen molar-refractivity contribution in [2.75, 3.05) is 52.8 Å². The van der Waals surface area contributed by atoms with Crippen LogP contribution in [0, 0.1) is 5.82 Å². The molecule has 4 aliphatic heterocycles. The molecule has 0 radical (unpaired) electrons. The van der Waals surface area contributed by atoms with Gasteiger partial charge in [0.15, 0.2) is 0 Å². The number of halogens is 1. The van der Waals surface area contributed by atoms with Crippen LogP contribution in [0.3, 0.4) is 0 Å². The summed E-state index contributed by atoms with van der Waals surface area (Å²) in [5.41, 5.74) is 4.45. The first-order valence-corrected chi connectivity index (χ1v) is 14.2. The van der Waals surface area contributed by atoms with Gasteiger partial charge in [-0.3, -0.25) is 14.0 Å². The molecule has 1 saturated carbocycles.